The Hall–Kier alpha value is -1.22. The maximum absolute atomic E-state index is 9.65. The van der Waals surface area contributed by atoms with Crippen LogP contribution in [-0.4, -0.2) is 18.8 Å². The van der Waals surface area contributed by atoms with Crippen molar-refractivity contribution in [2.75, 3.05) is 13.7 Å². The van der Waals surface area contributed by atoms with Crippen molar-refractivity contribution in [2.45, 2.75) is 39.2 Å². The van der Waals surface area contributed by atoms with Crippen LogP contribution in [0.4, 0.5) is 0 Å². The van der Waals surface area contributed by atoms with Crippen LogP contribution in [0.3, 0.4) is 0 Å². The minimum atomic E-state index is -0.526. The van der Waals surface area contributed by atoms with Gasteiger partial charge in [-0.3, -0.25) is 0 Å². The van der Waals surface area contributed by atoms with Crippen LogP contribution in [0.2, 0.25) is 0 Å². The molecule has 0 bridgehead atoms. The Balaban J connectivity index is 2.71. The summed E-state index contributed by atoms with van der Waals surface area (Å²) in [6.07, 6.45) is 2.84. The molecule has 1 N–H and O–H groups in total. The first kappa shape index (κ1) is 13.8. The van der Waals surface area contributed by atoms with E-state index in [1.54, 1.807) is 14.0 Å². The molecule has 3 heteroatoms. The predicted molar refractivity (Wildman–Crippen MR) is 68.6 cm³/mol. The van der Waals surface area contributed by atoms with Gasteiger partial charge in [0.15, 0.2) is 0 Å². The van der Waals surface area contributed by atoms with Crippen molar-refractivity contribution in [2.24, 2.45) is 0 Å². The summed E-state index contributed by atoms with van der Waals surface area (Å²) in [6, 6.07) is 5.51. The summed E-state index contributed by atoms with van der Waals surface area (Å²) in [7, 11) is 1.62. The topological polar surface area (TPSA) is 38.7 Å². The number of aliphatic hydroxyl groups excluding tert-OH is 1. The minimum Gasteiger partial charge on any atom is -0.497 e. The van der Waals surface area contributed by atoms with Gasteiger partial charge in [0.25, 0.3) is 0 Å². The molecule has 1 aromatic carbocycles. The molecule has 1 rings (SSSR count). The Morgan fingerprint density at radius 1 is 1.29 bits per heavy atom. The highest BCUT2D eigenvalue weighted by atomic mass is 16.5. The summed E-state index contributed by atoms with van der Waals surface area (Å²) < 4.78 is 10.9. The second-order valence-corrected chi connectivity index (χ2v) is 4.14. The molecule has 1 atom stereocenters. The molecule has 0 fully saturated rings. The van der Waals surface area contributed by atoms with Gasteiger partial charge in [-0.15, -0.1) is 0 Å². The van der Waals surface area contributed by atoms with E-state index in [-0.39, 0.29) is 0 Å². The summed E-state index contributed by atoms with van der Waals surface area (Å²) in [5, 5.41) is 9.65. The Morgan fingerprint density at radius 3 is 2.65 bits per heavy atom. The lowest BCUT2D eigenvalue weighted by Gasteiger charge is -2.14. The van der Waals surface area contributed by atoms with Gasteiger partial charge in [0, 0.05) is 11.6 Å². The second kappa shape index (κ2) is 7.17. The molecule has 0 heterocycles. The minimum absolute atomic E-state index is 0.526. The Labute approximate surface area is 103 Å². The van der Waals surface area contributed by atoms with E-state index >= 15 is 0 Å². The maximum Gasteiger partial charge on any atom is 0.128 e. The largest absolute Gasteiger partial charge is 0.497 e. The van der Waals surface area contributed by atoms with Crippen molar-refractivity contribution in [1.29, 1.82) is 0 Å². The molecule has 0 aliphatic heterocycles. The van der Waals surface area contributed by atoms with Gasteiger partial charge < -0.3 is 14.6 Å². The standard InChI is InChI=1S/C14H22O3/c1-4-5-6-9-17-14-10-12(16-3)7-8-13(14)11(2)15/h7-8,10-11,15H,4-6,9H2,1-3H3. The highest BCUT2D eigenvalue weighted by Gasteiger charge is 2.10. The third-order valence-electron chi connectivity index (χ3n) is 2.68. The molecule has 0 saturated heterocycles. The summed E-state index contributed by atoms with van der Waals surface area (Å²) in [4.78, 5) is 0. The Morgan fingerprint density at radius 2 is 2.06 bits per heavy atom. The fourth-order valence-corrected chi connectivity index (χ4v) is 1.65. The van der Waals surface area contributed by atoms with E-state index in [1.807, 2.05) is 18.2 Å². The molecule has 0 aliphatic carbocycles. The third kappa shape index (κ3) is 4.27. The van der Waals surface area contributed by atoms with Crippen molar-refractivity contribution in [1.82, 2.24) is 0 Å². The highest BCUT2D eigenvalue weighted by molar-refractivity contribution is 5.41. The summed E-state index contributed by atoms with van der Waals surface area (Å²) in [6.45, 7) is 4.58. The number of hydrogen-bond acceptors (Lipinski definition) is 3. The Bertz CT molecular complexity index is 334. The normalized spacial score (nSPS) is 12.2. The lowest BCUT2D eigenvalue weighted by molar-refractivity contribution is 0.190. The summed E-state index contributed by atoms with van der Waals surface area (Å²) in [5.74, 6) is 1.47. The average Bonchev–Trinajstić information content (AvgIpc) is 2.34. The maximum atomic E-state index is 9.65. The van der Waals surface area contributed by atoms with E-state index in [9.17, 15) is 5.11 Å². The van der Waals surface area contributed by atoms with Crippen LogP contribution >= 0.6 is 0 Å². The fourth-order valence-electron chi connectivity index (χ4n) is 1.65. The zero-order valence-corrected chi connectivity index (χ0v) is 10.9. The molecule has 3 nitrogen and oxygen atoms in total. The zero-order chi connectivity index (χ0) is 12.7. The van der Waals surface area contributed by atoms with Crippen molar-refractivity contribution >= 4 is 0 Å². The van der Waals surface area contributed by atoms with Crippen LogP contribution in [0.15, 0.2) is 18.2 Å². The van der Waals surface area contributed by atoms with Gasteiger partial charge >= 0.3 is 0 Å². The number of rotatable bonds is 7. The van der Waals surface area contributed by atoms with Crippen LogP contribution in [-0.2, 0) is 0 Å². The van der Waals surface area contributed by atoms with Gasteiger partial charge in [0.2, 0.25) is 0 Å². The monoisotopic (exact) mass is 238 g/mol. The lowest BCUT2D eigenvalue weighted by atomic mass is 10.1. The molecule has 0 amide bonds. The summed E-state index contributed by atoms with van der Waals surface area (Å²) in [5.41, 5.74) is 0.808. The number of ether oxygens (including phenoxy) is 2. The first-order valence-electron chi connectivity index (χ1n) is 6.17. The van der Waals surface area contributed by atoms with E-state index in [1.165, 1.54) is 6.42 Å². The molecule has 0 radical (unpaired) electrons. The van der Waals surface area contributed by atoms with Crippen LogP contribution in [0, 0.1) is 0 Å². The smallest absolute Gasteiger partial charge is 0.128 e. The van der Waals surface area contributed by atoms with E-state index in [0.29, 0.717) is 6.61 Å². The SMILES string of the molecule is CCCCCOc1cc(OC)ccc1C(C)O. The van der Waals surface area contributed by atoms with Crippen LogP contribution in [0.25, 0.3) is 0 Å². The Kier molecular flexibility index (Phi) is 5.84. The number of aliphatic hydroxyl groups is 1. The molecular weight excluding hydrogens is 216 g/mol. The van der Waals surface area contributed by atoms with Crippen molar-refractivity contribution < 1.29 is 14.6 Å². The predicted octanol–water partition coefficient (Wildman–Crippen LogP) is 3.32. The molecule has 0 aliphatic rings. The molecule has 1 unspecified atom stereocenters. The van der Waals surface area contributed by atoms with Crippen molar-refractivity contribution in [3.8, 4) is 11.5 Å². The first-order chi connectivity index (χ1) is 8.19. The second-order valence-electron chi connectivity index (χ2n) is 4.14. The number of unbranched alkanes of at least 4 members (excludes halogenated alkanes) is 2. The van der Waals surface area contributed by atoms with Gasteiger partial charge in [-0.05, 0) is 25.5 Å². The molecule has 17 heavy (non-hydrogen) atoms. The molecule has 0 aromatic heterocycles. The zero-order valence-electron chi connectivity index (χ0n) is 10.9. The van der Waals surface area contributed by atoms with E-state index in [2.05, 4.69) is 6.92 Å². The lowest BCUT2D eigenvalue weighted by Crippen LogP contribution is -2.02. The van der Waals surface area contributed by atoms with Gasteiger partial charge in [-0.2, -0.15) is 0 Å². The van der Waals surface area contributed by atoms with E-state index in [4.69, 9.17) is 9.47 Å². The van der Waals surface area contributed by atoms with E-state index in [0.717, 1.165) is 29.9 Å². The molecule has 0 spiro atoms. The van der Waals surface area contributed by atoms with Gasteiger partial charge in [0.1, 0.15) is 11.5 Å². The van der Waals surface area contributed by atoms with E-state index < -0.39 is 6.10 Å². The fraction of sp³-hybridized carbons (Fsp3) is 0.571. The van der Waals surface area contributed by atoms with Gasteiger partial charge in [-0.1, -0.05) is 19.8 Å². The summed E-state index contributed by atoms with van der Waals surface area (Å²) >= 11 is 0. The van der Waals surface area contributed by atoms with Gasteiger partial charge in [0.05, 0.1) is 19.8 Å². The molecule has 96 valence electrons. The first-order valence-corrected chi connectivity index (χ1v) is 6.17. The number of hydrogen-bond donors (Lipinski definition) is 1. The molecule has 0 saturated carbocycles. The average molecular weight is 238 g/mol. The molecule has 1 aromatic rings. The molecular formula is C14H22O3. The quantitative estimate of drug-likeness (QED) is 0.741. The van der Waals surface area contributed by atoms with Crippen LogP contribution in [0.5, 0.6) is 11.5 Å². The van der Waals surface area contributed by atoms with Crippen molar-refractivity contribution in [3.05, 3.63) is 23.8 Å². The van der Waals surface area contributed by atoms with Crippen molar-refractivity contribution in [3.63, 3.8) is 0 Å². The van der Waals surface area contributed by atoms with Gasteiger partial charge in [-0.25, -0.2) is 0 Å². The third-order valence-corrected chi connectivity index (χ3v) is 2.68. The number of methoxy groups -OCH3 is 1. The van der Waals surface area contributed by atoms with Crippen LogP contribution < -0.4 is 9.47 Å². The highest BCUT2D eigenvalue weighted by Crippen LogP contribution is 2.29. The van der Waals surface area contributed by atoms with Crippen LogP contribution in [0.1, 0.15) is 44.8 Å². The number of benzene rings is 1.